The van der Waals surface area contributed by atoms with E-state index in [4.69, 9.17) is 11.6 Å². The fourth-order valence-electron chi connectivity index (χ4n) is 2.63. The minimum atomic E-state index is -0.735. The third-order valence-corrected chi connectivity index (χ3v) is 5.05. The molecule has 2 aromatic carbocycles. The lowest BCUT2D eigenvalue weighted by atomic mass is 10.1. The van der Waals surface area contributed by atoms with Crippen molar-refractivity contribution < 1.29 is 14.4 Å². The van der Waals surface area contributed by atoms with Crippen LogP contribution >= 0.6 is 23.4 Å². The van der Waals surface area contributed by atoms with Crippen LogP contribution in [0.5, 0.6) is 0 Å². The zero-order valence-corrected chi connectivity index (χ0v) is 18.4. The van der Waals surface area contributed by atoms with Crippen molar-refractivity contribution in [3.05, 3.63) is 59.1 Å². The Morgan fingerprint density at radius 1 is 1.03 bits per heavy atom. The van der Waals surface area contributed by atoms with Gasteiger partial charge in [0.2, 0.25) is 5.91 Å². The van der Waals surface area contributed by atoms with E-state index in [0.29, 0.717) is 40.7 Å². The molecule has 0 aliphatic carbocycles. The molecule has 160 valence electrons. The van der Waals surface area contributed by atoms with Crippen LogP contribution in [0.2, 0.25) is 5.02 Å². The SMILES string of the molecule is CCNC(=O)Nc1cccc(NC(=O)C(CCSC)NC(=O)c2ccccc2Cl)c1. The topological polar surface area (TPSA) is 99.3 Å². The van der Waals surface area contributed by atoms with E-state index in [1.54, 1.807) is 60.3 Å². The van der Waals surface area contributed by atoms with E-state index in [0.717, 1.165) is 0 Å². The second-order valence-corrected chi connectivity index (χ2v) is 7.73. The van der Waals surface area contributed by atoms with Crippen molar-refractivity contribution in [2.75, 3.05) is 29.2 Å². The van der Waals surface area contributed by atoms with Gasteiger partial charge in [0.25, 0.3) is 5.91 Å². The van der Waals surface area contributed by atoms with Gasteiger partial charge in [0.15, 0.2) is 0 Å². The summed E-state index contributed by atoms with van der Waals surface area (Å²) in [6, 6.07) is 12.4. The van der Waals surface area contributed by atoms with Gasteiger partial charge in [0.1, 0.15) is 6.04 Å². The number of thioether (sulfide) groups is 1. The van der Waals surface area contributed by atoms with Gasteiger partial charge >= 0.3 is 6.03 Å². The molecule has 0 saturated carbocycles. The highest BCUT2D eigenvalue weighted by Gasteiger charge is 2.22. The standard InChI is InChI=1S/C21H25ClN4O3S/c1-3-23-21(29)25-15-8-6-7-14(13-15)24-20(28)18(11-12-30-2)26-19(27)16-9-4-5-10-17(16)22/h4-10,13,18H,3,11-12H2,1-2H3,(H,24,28)(H,26,27)(H2,23,25,29). The molecule has 1 atom stereocenters. The Kier molecular flexibility index (Phi) is 9.50. The first-order valence-electron chi connectivity index (χ1n) is 9.44. The highest BCUT2D eigenvalue weighted by molar-refractivity contribution is 7.98. The van der Waals surface area contributed by atoms with Crippen molar-refractivity contribution in [1.82, 2.24) is 10.6 Å². The molecule has 0 aromatic heterocycles. The molecule has 4 amide bonds. The summed E-state index contributed by atoms with van der Waals surface area (Å²) < 4.78 is 0. The molecule has 0 saturated heterocycles. The van der Waals surface area contributed by atoms with Gasteiger partial charge in [-0.1, -0.05) is 29.8 Å². The average molecular weight is 449 g/mol. The van der Waals surface area contributed by atoms with Crippen molar-refractivity contribution in [3.8, 4) is 0 Å². The maximum absolute atomic E-state index is 12.8. The van der Waals surface area contributed by atoms with Gasteiger partial charge in [0, 0.05) is 17.9 Å². The lowest BCUT2D eigenvalue weighted by Gasteiger charge is -2.19. The molecular weight excluding hydrogens is 424 g/mol. The number of benzene rings is 2. The van der Waals surface area contributed by atoms with Gasteiger partial charge in [-0.05, 0) is 55.7 Å². The van der Waals surface area contributed by atoms with Gasteiger partial charge in [-0.3, -0.25) is 9.59 Å². The summed E-state index contributed by atoms with van der Waals surface area (Å²) in [4.78, 5) is 37.1. The number of hydrogen-bond acceptors (Lipinski definition) is 4. The number of nitrogens with one attached hydrogen (secondary N) is 4. The second-order valence-electron chi connectivity index (χ2n) is 6.34. The fourth-order valence-corrected chi connectivity index (χ4v) is 3.32. The maximum Gasteiger partial charge on any atom is 0.319 e. The van der Waals surface area contributed by atoms with Crippen LogP contribution < -0.4 is 21.3 Å². The van der Waals surface area contributed by atoms with E-state index in [1.807, 2.05) is 13.2 Å². The number of rotatable bonds is 9. The summed E-state index contributed by atoms with van der Waals surface area (Å²) in [7, 11) is 0. The summed E-state index contributed by atoms with van der Waals surface area (Å²) in [5.74, 6) is -0.0623. The molecule has 0 aliphatic heterocycles. The van der Waals surface area contributed by atoms with E-state index >= 15 is 0 Å². The molecule has 9 heteroatoms. The van der Waals surface area contributed by atoms with Crippen molar-refractivity contribution >= 4 is 52.6 Å². The van der Waals surface area contributed by atoms with Gasteiger partial charge in [-0.15, -0.1) is 0 Å². The highest BCUT2D eigenvalue weighted by atomic mass is 35.5. The number of carbonyl (C=O) groups is 3. The van der Waals surface area contributed by atoms with Crippen LogP contribution in [0.3, 0.4) is 0 Å². The zero-order chi connectivity index (χ0) is 21.9. The number of anilines is 2. The minimum Gasteiger partial charge on any atom is -0.340 e. The predicted octanol–water partition coefficient (Wildman–Crippen LogP) is 3.97. The van der Waals surface area contributed by atoms with Crippen molar-refractivity contribution in [2.45, 2.75) is 19.4 Å². The van der Waals surface area contributed by atoms with E-state index in [9.17, 15) is 14.4 Å². The van der Waals surface area contributed by atoms with E-state index < -0.39 is 11.9 Å². The van der Waals surface area contributed by atoms with Crippen molar-refractivity contribution in [2.24, 2.45) is 0 Å². The normalized spacial score (nSPS) is 11.3. The molecule has 0 heterocycles. The Labute approximate surface area is 185 Å². The average Bonchev–Trinajstić information content (AvgIpc) is 2.71. The number of urea groups is 1. The maximum atomic E-state index is 12.8. The molecule has 0 radical (unpaired) electrons. The minimum absolute atomic E-state index is 0.314. The van der Waals surface area contributed by atoms with Crippen LogP contribution in [0, 0.1) is 0 Å². The molecule has 4 N–H and O–H groups in total. The van der Waals surface area contributed by atoms with Gasteiger partial charge in [-0.2, -0.15) is 11.8 Å². The number of hydrogen-bond donors (Lipinski definition) is 4. The molecule has 0 spiro atoms. The first-order valence-corrected chi connectivity index (χ1v) is 11.2. The third kappa shape index (κ3) is 7.27. The van der Waals surface area contributed by atoms with Crippen molar-refractivity contribution in [3.63, 3.8) is 0 Å². The smallest absolute Gasteiger partial charge is 0.319 e. The van der Waals surface area contributed by atoms with Gasteiger partial charge in [-0.25, -0.2) is 4.79 Å². The molecular formula is C21H25ClN4O3S. The van der Waals surface area contributed by atoms with Gasteiger partial charge < -0.3 is 21.3 Å². The van der Waals surface area contributed by atoms with Crippen molar-refractivity contribution in [1.29, 1.82) is 0 Å². The van der Waals surface area contributed by atoms with Crippen LogP contribution in [-0.2, 0) is 4.79 Å². The summed E-state index contributed by atoms with van der Waals surface area (Å²) >= 11 is 7.67. The quantitative estimate of drug-likeness (QED) is 0.466. The van der Waals surface area contributed by atoms with E-state index in [-0.39, 0.29) is 11.9 Å². The Balaban J connectivity index is 2.09. The Morgan fingerprint density at radius 3 is 2.40 bits per heavy atom. The lowest BCUT2D eigenvalue weighted by Crippen LogP contribution is -2.44. The lowest BCUT2D eigenvalue weighted by molar-refractivity contribution is -0.118. The first-order chi connectivity index (χ1) is 14.4. The number of halogens is 1. The molecule has 2 aromatic rings. The van der Waals surface area contributed by atoms with Gasteiger partial charge in [0.05, 0.1) is 10.6 Å². The first kappa shape index (κ1) is 23.6. The van der Waals surface area contributed by atoms with Crippen LogP contribution in [0.15, 0.2) is 48.5 Å². The molecule has 1 unspecified atom stereocenters. The Morgan fingerprint density at radius 2 is 1.73 bits per heavy atom. The van der Waals surface area contributed by atoms with Crippen LogP contribution in [-0.4, -0.2) is 42.4 Å². The number of carbonyl (C=O) groups excluding carboxylic acids is 3. The summed E-state index contributed by atoms with van der Waals surface area (Å²) in [5.41, 5.74) is 1.37. The van der Waals surface area contributed by atoms with Crippen LogP contribution in [0.4, 0.5) is 16.2 Å². The summed E-state index contributed by atoms with van der Waals surface area (Å²) in [6.07, 6.45) is 2.39. The zero-order valence-electron chi connectivity index (χ0n) is 16.8. The van der Waals surface area contributed by atoms with Crippen LogP contribution in [0.1, 0.15) is 23.7 Å². The largest absolute Gasteiger partial charge is 0.340 e. The van der Waals surface area contributed by atoms with Crippen LogP contribution in [0.25, 0.3) is 0 Å². The Bertz CT molecular complexity index is 894. The van der Waals surface area contributed by atoms with E-state index in [1.165, 1.54) is 0 Å². The summed E-state index contributed by atoms with van der Waals surface area (Å²) in [5, 5.41) is 11.2. The Hall–Kier alpha value is -2.71. The second kappa shape index (κ2) is 12.1. The molecule has 0 fully saturated rings. The molecule has 30 heavy (non-hydrogen) atoms. The monoisotopic (exact) mass is 448 g/mol. The molecule has 7 nitrogen and oxygen atoms in total. The molecule has 0 aliphatic rings. The number of amides is 4. The summed E-state index contributed by atoms with van der Waals surface area (Å²) in [6.45, 7) is 2.33. The van der Waals surface area contributed by atoms with E-state index in [2.05, 4.69) is 21.3 Å². The molecule has 2 rings (SSSR count). The molecule has 0 bridgehead atoms. The fraction of sp³-hybridized carbons (Fsp3) is 0.286. The predicted molar refractivity (Wildman–Crippen MR) is 123 cm³/mol. The third-order valence-electron chi connectivity index (χ3n) is 4.08. The highest BCUT2D eigenvalue weighted by Crippen LogP contribution is 2.17.